The molecule has 1 aromatic carbocycles. The molecule has 0 aliphatic heterocycles. The van der Waals surface area contributed by atoms with Gasteiger partial charge < -0.3 is 15.6 Å². The zero-order valence-corrected chi connectivity index (χ0v) is 18.9. The predicted octanol–water partition coefficient (Wildman–Crippen LogP) is 4.55. The Morgan fingerprint density at radius 3 is 2.70 bits per heavy atom. The summed E-state index contributed by atoms with van der Waals surface area (Å²) in [6.45, 7) is 2.00. The molecule has 1 amide bonds. The third kappa shape index (κ3) is 3.81. The molecular weight excluding hydrogens is 436 g/mol. The Bertz CT molecular complexity index is 1190. The Morgan fingerprint density at radius 2 is 2.07 bits per heavy atom. The number of benzene rings is 1. The number of carbonyl (C=O) groups excluding carboxylic acids is 1. The molecule has 0 saturated heterocycles. The fourth-order valence-electron chi connectivity index (χ4n) is 3.18. The Hall–Kier alpha value is -2.46. The number of amides is 1. The van der Waals surface area contributed by atoms with E-state index >= 15 is 0 Å². The molecule has 0 fully saturated rings. The normalized spacial score (nSPS) is 12.2. The highest BCUT2D eigenvalue weighted by molar-refractivity contribution is 7.93. The van der Waals surface area contributed by atoms with Gasteiger partial charge in [-0.1, -0.05) is 30.4 Å². The monoisotopic (exact) mass is 456 g/mol. The second-order valence-electron chi connectivity index (χ2n) is 6.58. The Balaban J connectivity index is 1.92. The molecule has 3 heterocycles. The van der Waals surface area contributed by atoms with Crippen molar-refractivity contribution >= 4 is 55.7 Å². The van der Waals surface area contributed by atoms with Gasteiger partial charge in [0.2, 0.25) is 4.21 Å². The van der Waals surface area contributed by atoms with Crippen LogP contribution < -0.4 is 11.1 Å². The molecule has 154 valence electrons. The van der Waals surface area contributed by atoms with Crippen LogP contribution in [-0.2, 0) is 11.2 Å². The zero-order chi connectivity index (χ0) is 21.3. The minimum absolute atomic E-state index is 0.141. The van der Waals surface area contributed by atoms with E-state index < -0.39 is 11.2 Å². The maximum Gasteiger partial charge on any atom is 0.251 e. The van der Waals surface area contributed by atoms with Crippen LogP contribution in [0.3, 0.4) is 0 Å². The number of rotatable bonds is 6. The number of nitrogens with two attached hydrogens (primary N) is 1. The van der Waals surface area contributed by atoms with E-state index in [1.807, 2.05) is 30.5 Å². The summed E-state index contributed by atoms with van der Waals surface area (Å²) in [4.78, 5) is 21.8. The lowest BCUT2D eigenvalue weighted by Crippen LogP contribution is -2.17. The minimum Gasteiger partial charge on any atom is -0.611 e. The van der Waals surface area contributed by atoms with Crippen molar-refractivity contribution in [1.29, 1.82) is 0 Å². The van der Waals surface area contributed by atoms with Gasteiger partial charge in [-0.05, 0) is 46.9 Å². The number of nitrogens with one attached hydrogen (secondary N) is 1. The zero-order valence-electron chi connectivity index (χ0n) is 16.5. The highest BCUT2D eigenvalue weighted by Gasteiger charge is 2.24. The molecule has 6 nitrogen and oxygen atoms in total. The van der Waals surface area contributed by atoms with Gasteiger partial charge in [0.25, 0.3) is 5.91 Å². The highest BCUT2D eigenvalue weighted by atomic mass is 32.2. The van der Waals surface area contributed by atoms with Crippen LogP contribution in [0.15, 0.2) is 46.1 Å². The minimum atomic E-state index is -1.16. The van der Waals surface area contributed by atoms with Crippen LogP contribution in [0.5, 0.6) is 0 Å². The summed E-state index contributed by atoms with van der Waals surface area (Å²) < 4.78 is 13.4. The van der Waals surface area contributed by atoms with Gasteiger partial charge in [0.1, 0.15) is 27.0 Å². The second kappa shape index (κ2) is 8.73. The van der Waals surface area contributed by atoms with E-state index in [9.17, 15) is 9.35 Å². The number of anilines is 1. The first-order valence-corrected chi connectivity index (χ1v) is 12.4. The first-order valence-electron chi connectivity index (χ1n) is 9.37. The molecule has 0 spiro atoms. The molecule has 0 aliphatic rings. The van der Waals surface area contributed by atoms with Crippen molar-refractivity contribution in [3.05, 3.63) is 47.5 Å². The van der Waals surface area contributed by atoms with Crippen LogP contribution in [-0.4, -0.2) is 33.2 Å². The number of thiazole rings is 1. The van der Waals surface area contributed by atoms with Crippen molar-refractivity contribution in [3.8, 4) is 21.8 Å². The topological polar surface area (TPSA) is 104 Å². The van der Waals surface area contributed by atoms with Gasteiger partial charge in [-0.25, -0.2) is 9.97 Å². The SMILES string of the molecule is CCC[S+]([O-])c1sc2nc(-c3nccs3)cc(-c3ccc(C(=O)NC)cc3)c2c1N. The summed E-state index contributed by atoms with van der Waals surface area (Å²) in [6.07, 6.45) is 2.56. The summed E-state index contributed by atoms with van der Waals surface area (Å²) in [5, 5.41) is 6.14. The van der Waals surface area contributed by atoms with E-state index in [0.717, 1.165) is 38.5 Å². The number of nitrogens with zero attached hydrogens (tertiary/aromatic N) is 2. The van der Waals surface area contributed by atoms with Gasteiger partial charge in [-0.2, -0.15) is 0 Å². The van der Waals surface area contributed by atoms with Gasteiger partial charge in [0, 0.05) is 29.6 Å². The highest BCUT2D eigenvalue weighted by Crippen LogP contribution is 2.43. The van der Waals surface area contributed by atoms with Crippen LogP contribution in [0.1, 0.15) is 23.7 Å². The van der Waals surface area contributed by atoms with Crippen molar-refractivity contribution in [2.75, 3.05) is 18.5 Å². The average Bonchev–Trinajstić information content (AvgIpc) is 3.41. The average molecular weight is 457 g/mol. The Morgan fingerprint density at radius 1 is 1.30 bits per heavy atom. The molecule has 0 bridgehead atoms. The molecule has 1 atom stereocenters. The Kier molecular flexibility index (Phi) is 6.05. The standard InChI is InChI=1S/C21H20N4O2S3/c1-3-10-30(27)21-17(22)16-14(12-4-6-13(7-5-12)18(26)23-2)11-15(25-20(16)29-21)19-24-8-9-28-19/h4-9,11H,3,10,22H2,1-2H3,(H,23,26). The maximum absolute atomic E-state index is 12.7. The van der Waals surface area contributed by atoms with Gasteiger partial charge in [-0.3, -0.25) is 4.79 Å². The summed E-state index contributed by atoms with van der Waals surface area (Å²) in [6, 6.07) is 9.31. The fraction of sp³-hybridized carbons (Fsp3) is 0.190. The van der Waals surface area contributed by atoms with Crippen LogP contribution >= 0.6 is 22.7 Å². The first-order chi connectivity index (χ1) is 14.5. The number of hydrogen-bond donors (Lipinski definition) is 2. The van der Waals surface area contributed by atoms with E-state index in [0.29, 0.717) is 21.2 Å². The summed E-state index contributed by atoms with van der Waals surface area (Å²) in [5.41, 5.74) is 10.1. The number of thiophene rings is 1. The molecule has 3 N–H and O–H groups in total. The van der Waals surface area contributed by atoms with E-state index in [1.165, 1.54) is 22.7 Å². The van der Waals surface area contributed by atoms with Crippen LogP contribution in [0.4, 0.5) is 5.69 Å². The number of pyridine rings is 1. The lowest BCUT2D eigenvalue weighted by Gasteiger charge is -2.09. The maximum atomic E-state index is 12.7. The van der Waals surface area contributed by atoms with Crippen LogP contribution in [0.25, 0.3) is 32.0 Å². The van der Waals surface area contributed by atoms with Crippen molar-refractivity contribution in [3.63, 3.8) is 0 Å². The van der Waals surface area contributed by atoms with Crippen LogP contribution in [0, 0.1) is 0 Å². The van der Waals surface area contributed by atoms with Crippen molar-refractivity contribution in [2.24, 2.45) is 0 Å². The van der Waals surface area contributed by atoms with Gasteiger partial charge >= 0.3 is 0 Å². The van der Waals surface area contributed by atoms with E-state index in [4.69, 9.17) is 10.7 Å². The molecule has 0 radical (unpaired) electrons. The van der Waals surface area contributed by atoms with E-state index in [1.54, 1.807) is 25.4 Å². The molecule has 30 heavy (non-hydrogen) atoms. The number of hydrogen-bond acceptors (Lipinski definition) is 7. The third-order valence-corrected chi connectivity index (χ3v) is 8.51. The van der Waals surface area contributed by atoms with Gasteiger partial charge in [0.05, 0.1) is 0 Å². The summed E-state index contributed by atoms with van der Waals surface area (Å²) in [5.74, 6) is 0.421. The molecule has 4 aromatic rings. The van der Waals surface area contributed by atoms with Gasteiger partial charge in [0.15, 0.2) is 0 Å². The van der Waals surface area contributed by atoms with Crippen LogP contribution in [0.2, 0.25) is 0 Å². The Labute approximate surface area is 185 Å². The molecule has 9 heteroatoms. The number of aromatic nitrogens is 2. The molecule has 4 rings (SSSR count). The molecule has 0 saturated carbocycles. The molecule has 1 unspecified atom stereocenters. The number of fused-ring (bicyclic) bond motifs is 1. The number of nitrogen functional groups attached to an aromatic ring is 1. The van der Waals surface area contributed by atoms with E-state index in [-0.39, 0.29) is 5.91 Å². The third-order valence-electron chi connectivity index (χ3n) is 4.60. The summed E-state index contributed by atoms with van der Waals surface area (Å²) >= 11 is 1.73. The predicted molar refractivity (Wildman–Crippen MR) is 126 cm³/mol. The molecular formula is C21H20N4O2S3. The smallest absolute Gasteiger partial charge is 0.251 e. The molecule has 3 aromatic heterocycles. The lowest BCUT2D eigenvalue weighted by molar-refractivity contribution is 0.0963. The van der Waals surface area contributed by atoms with Crippen molar-refractivity contribution in [2.45, 2.75) is 17.6 Å². The summed E-state index contributed by atoms with van der Waals surface area (Å²) in [7, 11) is 1.60. The fourth-order valence-corrected chi connectivity index (χ4v) is 6.39. The first kappa shape index (κ1) is 20.8. The van der Waals surface area contributed by atoms with Crippen molar-refractivity contribution < 1.29 is 9.35 Å². The van der Waals surface area contributed by atoms with E-state index in [2.05, 4.69) is 10.3 Å². The van der Waals surface area contributed by atoms with Crippen molar-refractivity contribution in [1.82, 2.24) is 15.3 Å². The molecule has 0 aliphatic carbocycles. The van der Waals surface area contributed by atoms with Gasteiger partial charge in [-0.15, -0.1) is 11.3 Å². The largest absolute Gasteiger partial charge is 0.611 e. The number of carbonyl (C=O) groups is 1. The quantitative estimate of drug-likeness (QED) is 0.414. The second-order valence-corrected chi connectivity index (χ2v) is 10.2. The lowest BCUT2D eigenvalue weighted by atomic mass is 10.0.